The van der Waals surface area contributed by atoms with E-state index < -0.39 is 41.3 Å². The summed E-state index contributed by atoms with van der Waals surface area (Å²) in [5, 5.41) is 55.3. The molecule has 5 N–H and O–H groups in total. The highest BCUT2D eigenvalue weighted by atomic mass is 16.3. The van der Waals surface area contributed by atoms with E-state index in [1.54, 1.807) is 0 Å². The van der Waals surface area contributed by atoms with Crippen molar-refractivity contribution in [3.8, 4) is 0 Å². The van der Waals surface area contributed by atoms with Gasteiger partial charge in [-0.15, -0.1) is 0 Å². The first-order valence-corrected chi connectivity index (χ1v) is 13.2. The van der Waals surface area contributed by atoms with Crippen LogP contribution in [0, 0.1) is 58.2 Å². The minimum atomic E-state index is -1.03. The van der Waals surface area contributed by atoms with Crippen LogP contribution >= 0.6 is 0 Å². The summed E-state index contributed by atoms with van der Waals surface area (Å²) in [5.41, 5.74) is -1.75. The van der Waals surface area contributed by atoms with Crippen LogP contribution in [0.2, 0.25) is 0 Å². The van der Waals surface area contributed by atoms with Gasteiger partial charge >= 0.3 is 0 Å². The van der Waals surface area contributed by atoms with Gasteiger partial charge in [0.1, 0.15) is 5.78 Å². The molecule has 0 aliphatic heterocycles. The Morgan fingerprint density at radius 1 is 0.939 bits per heavy atom. The monoisotopic (exact) mass is 464 g/mol. The van der Waals surface area contributed by atoms with E-state index in [2.05, 4.69) is 34.6 Å². The van der Waals surface area contributed by atoms with E-state index in [0.717, 1.165) is 12.8 Å². The number of hydrogen-bond acceptors (Lipinski definition) is 6. The molecule has 188 valence electrons. The van der Waals surface area contributed by atoms with Crippen molar-refractivity contribution in [3.63, 3.8) is 0 Å². The van der Waals surface area contributed by atoms with Crippen LogP contribution in [0.5, 0.6) is 0 Å². The summed E-state index contributed by atoms with van der Waals surface area (Å²) < 4.78 is 0. The summed E-state index contributed by atoms with van der Waals surface area (Å²) in [5.74, 6) is -0.777. The van der Waals surface area contributed by atoms with Gasteiger partial charge in [-0.1, -0.05) is 34.6 Å². The maximum atomic E-state index is 14.2. The average Bonchev–Trinajstić information content (AvgIpc) is 3.11. The van der Waals surface area contributed by atoms with Crippen LogP contribution in [0.15, 0.2) is 0 Å². The Labute approximate surface area is 197 Å². The molecule has 6 heteroatoms. The summed E-state index contributed by atoms with van der Waals surface area (Å²) in [4.78, 5) is 14.2. The molecule has 0 aromatic rings. The Hall–Kier alpha value is -0.530. The number of aliphatic hydroxyl groups excluding tert-OH is 4. The van der Waals surface area contributed by atoms with E-state index in [1.165, 1.54) is 0 Å². The molecule has 6 nitrogen and oxygen atoms in total. The summed E-state index contributed by atoms with van der Waals surface area (Å²) in [6.45, 7) is 10.6. The van der Waals surface area contributed by atoms with Gasteiger partial charge in [-0.3, -0.25) is 4.79 Å². The van der Waals surface area contributed by atoms with Gasteiger partial charge in [-0.2, -0.15) is 0 Å². The van der Waals surface area contributed by atoms with E-state index in [1.807, 2.05) is 0 Å². The second kappa shape index (κ2) is 7.49. The molecule has 0 spiro atoms. The molecule has 0 radical (unpaired) electrons. The Morgan fingerprint density at radius 3 is 2.24 bits per heavy atom. The zero-order chi connectivity index (χ0) is 24.2. The number of aliphatic hydroxyl groups is 5. The standard InChI is InChI=1S/C27H44O6/c1-12(2)9-27(33)10-13(3)19-21(27)24(32)20-18-14(6-7-25(19,20)4)26(5)11-17(29)16(28)8-15(26)22(30)23(18)31/h12-23,28-31,33H,6-11H2,1-5H3/t13-,14+,15-,16+,17+,18-,19+,20+,21-,22-,23-,25-,26-,27-/m1/s1. The number of rotatable bonds is 2. The van der Waals surface area contributed by atoms with E-state index >= 15 is 0 Å². The van der Waals surface area contributed by atoms with Crippen molar-refractivity contribution in [2.75, 3.05) is 0 Å². The lowest BCUT2D eigenvalue weighted by Crippen LogP contribution is -2.66. The lowest BCUT2D eigenvalue weighted by Gasteiger charge is -2.63. The summed E-state index contributed by atoms with van der Waals surface area (Å²) in [6.07, 6.45) is -0.202. The highest BCUT2D eigenvalue weighted by Gasteiger charge is 2.74. The first kappa shape index (κ1) is 24.2. The van der Waals surface area contributed by atoms with Crippen LogP contribution in [-0.2, 0) is 4.79 Å². The van der Waals surface area contributed by atoms with Gasteiger partial charge in [0.05, 0.1) is 35.9 Å². The largest absolute Gasteiger partial charge is 0.390 e. The Morgan fingerprint density at radius 2 is 1.61 bits per heavy atom. The van der Waals surface area contributed by atoms with E-state index in [0.29, 0.717) is 19.3 Å². The van der Waals surface area contributed by atoms with Crippen LogP contribution < -0.4 is 0 Å². The third kappa shape index (κ3) is 3.06. The molecule has 0 saturated heterocycles. The van der Waals surface area contributed by atoms with Crippen molar-refractivity contribution in [2.24, 2.45) is 58.2 Å². The fourth-order valence-corrected chi connectivity index (χ4v) is 10.5. The molecule has 0 heterocycles. The molecular weight excluding hydrogens is 420 g/mol. The van der Waals surface area contributed by atoms with Gasteiger partial charge in [-0.05, 0) is 78.9 Å². The first-order valence-electron chi connectivity index (χ1n) is 13.2. The van der Waals surface area contributed by atoms with Crippen molar-refractivity contribution in [1.29, 1.82) is 0 Å². The number of hydrogen-bond donors (Lipinski definition) is 5. The van der Waals surface area contributed by atoms with E-state index in [9.17, 15) is 30.3 Å². The van der Waals surface area contributed by atoms with Crippen molar-refractivity contribution >= 4 is 5.78 Å². The minimum Gasteiger partial charge on any atom is -0.390 e. The van der Waals surface area contributed by atoms with Crippen molar-refractivity contribution in [1.82, 2.24) is 0 Å². The average molecular weight is 465 g/mol. The van der Waals surface area contributed by atoms with Gasteiger partial charge in [-0.25, -0.2) is 0 Å². The number of carbonyl (C=O) groups is 1. The van der Waals surface area contributed by atoms with Gasteiger partial charge in [0, 0.05) is 11.8 Å². The third-order valence-electron chi connectivity index (χ3n) is 11.4. The Bertz CT molecular complexity index is 814. The highest BCUT2D eigenvalue weighted by Crippen LogP contribution is 2.71. The normalized spacial score (nSPS) is 60.3. The molecule has 0 unspecified atom stereocenters. The Balaban J connectivity index is 1.56. The molecule has 0 aromatic heterocycles. The molecule has 0 aromatic carbocycles. The van der Waals surface area contributed by atoms with Gasteiger partial charge in [0.15, 0.2) is 0 Å². The second-order valence-electron chi connectivity index (χ2n) is 13.7. The number of carbonyl (C=O) groups excluding carboxylic acids is 1. The number of Topliss-reactive ketones (excluding diaryl/α,β-unsaturated/α-hetero) is 1. The SMILES string of the molecule is CC(C)C[C@@]1(O)C[C@@H](C)[C@H]2[C@@H]1C(=O)[C@@H]1[C@@H]3[C@@H](O)[C@H](O)[C@H]4C[C@H](O)[C@@H](O)C[C@]4(C)[C@H]3CC[C@]21C. The number of fused-ring (bicyclic) bond motifs is 7. The van der Waals surface area contributed by atoms with Crippen LogP contribution in [-0.4, -0.2) is 61.3 Å². The predicted molar refractivity (Wildman–Crippen MR) is 123 cm³/mol. The molecule has 5 saturated carbocycles. The topological polar surface area (TPSA) is 118 Å². The molecule has 0 amide bonds. The Kier molecular flexibility index (Phi) is 5.49. The van der Waals surface area contributed by atoms with Gasteiger partial charge in [0.25, 0.3) is 0 Å². The second-order valence-corrected chi connectivity index (χ2v) is 13.7. The lowest BCUT2D eigenvalue weighted by atomic mass is 9.42. The zero-order valence-corrected chi connectivity index (χ0v) is 20.8. The third-order valence-corrected chi connectivity index (χ3v) is 11.4. The lowest BCUT2D eigenvalue weighted by molar-refractivity contribution is -0.235. The van der Waals surface area contributed by atoms with Crippen LogP contribution in [0.1, 0.15) is 73.1 Å². The van der Waals surface area contributed by atoms with Crippen molar-refractivity contribution in [2.45, 2.75) is 103 Å². The van der Waals surface area contributed by atoms with Gasteiger partial charge < -0.3 is 25.5 Å². The van der Waals surface area contributed by atoms with E-state index in [4.69, 9.17) is 0 Å². The quantitative estimate of drug-likeness (QED) is 0.427. The maximum absolute atomic E-state index is 14.2. The summed E-state index contributed by atoms with van der Waals surface area (Å²) in [7, 11) is 0. The first-order chi connectivity index (χ1) is 15.3. The predicted octanol–water partition coefficient (Wildman–Crippen LogP) is 2.14. The molecule has 5 aliphatic rings. The molecule has 5 fully saturated rings. The minimum absolute atomic E-state index is 0.00241. The van der Waals surface area contributed by atoms with Gasteiger partial charge in [0.2, 0.25) is 0 Å². The maximum Gasteiger partial charge on any atom is 0.143 e. The summed E-state index contributed by atoms with van der Waals surface area (Å²) >= 11 is 0. The molecule has 0 bridgehead atoms. The highest BCUT2D eigenvalue weighted by molar-refractivity contribution is 5.89. The molecule has 14 atom stereocenters. The smallest absolute Gasteiger partial charge is 0.143 e. The fourth-order valence-electron chi connectivity index (χ4n) is 10.5. The summed E-state index contributed by atoms with van der Waals surface area (Å²) in [6, 6.07) is 0. The van der Waals surface area contributed by atoms with Crippen LogP contribution in [0.4, 0.5) is 0 Å². The van der Waals surface area contributed by atoms with Crippen LogP contribution in [0.25, 0.3) is 0 Å². The molecular formula is C27H44O6. The fraction of sp³-hybridized carbons (Fsp3) is 0.963. The van der Waals surface area contributed by atoms with Crippen molar-refractivity contribution in [3.05, 3.63) is 0 Å². The molecule has 5 aliphatic carbocycles. The molecule has 33 heavy (non-hydrogen) atoms. The van der Waals surface area contributed by atoms with Crippen molar-refractivity contribution < 1.29 is 30.3 Å². The zero-order valence-electron chi connectivity index (χ0n) is 20.8. The van der Waals surface area contributed by atoms with Crippen LogP contribution in [0.3, 0.4) is 0 Å². The van der Waals surface area contributed by atoms with E-state index in [-0.39, 0.29) is 59.0 Å². The number of ketones is 1. The molecule has 5 rings (SSSR count).